The van der Waals surface area contributed by atoms with Gasteiger partial charge in [0.25, 0.3) is 0 Å². The van der Waals surface area contributed by atoms with Crippen LogP contribution in [0.15, 0.2) is 84.1 Å². The van der Waals surface area contributed by atoms with E-state index in [1.165, 1.54) is 12.1 Å². The summed E-state index contributed by atoms with van der Waals surface area (Å²) in [5, 5.41) is 20.0. The predicted molar refractivity (Wildman–Crippen MR) is 124 cm³/mol. The lowest BCUT2D eigenvalue weighted by atomic mass is 10.1. The summed E-state index contributed by atoms with van der Waals surface area (Å²) in [7, 11) is 0. The van der Waals surface area contributed by atoms with Crippen LogP contribution in [0.2, 0.25) is 5.02 Å². The second kappa shape index (κ2) is 8.81. The smallest absolute Gasteiger partial charge is 0.209 e. The lowest BCUT2D eigenvalue weighted by molar-refractivity contribution is 0.815. The van der Waals surface area contributed by atoms with Gasteiger partial charge in [-0.3, -0.25) is 4.79 Å². The Bertz CT molecular complexity index is 1320. The van der Waals surface area contributed by atoms with Crippen LogP contribution in [0.25, 0.3) is 17.1 Å². The van der Waals surface area contributed by atoms with Crippen LogP contribution in [0.4, 0.5) is 5.69 Å². The Kier molecular flexibility index (Phi) is 5.77. The van der Waals surface area contributed by atoms with Gasteiger partial charge in [-0.2, -0.15) is 10.2 Å². The highest BCUT2D eigenvalue weighted by Gasteiger charge is 2.12. The van der Waals surface area contributed by atoms with Crippen LogP contribution in [0.3, 0.4) is 0 Å². The lowest BCUT2D eigenvalue weighted by Crippen LogP contribution is -2.18. The number of para-hydroxylation sites is 1. The van der Waals surface area contributed by atoms with Crippen molar-refractivity contribution in [1.82, 2.24) is 19.6 Å². The van der Waals surface area contributed by atoms with Crippen LogP contribution >= 0.6 is 11.6 Å². The number of anilines is 1. The molecular formula is C23H19ClN6O. The van der Waals surface area contributed by atoms with Crippen LogP contribution in [-0.4, -0.2) is 25.8 Å². The molecule has 8 heteroatoms. The second-order valence-corrected chi connectivity index (χ2v) is 7.22. The van der Waals surface area contributed by atoms with E-state index in [2.05, 4.69) is 15.5 Å². The summed E-state index contributed by atoms with van der Waals surface area (Å²) in [5.41, 5.74) is 3.85. The molecule has 0 fully saturated rings. The summed E-state index contributed by atoms with van der Waals surface area (Å²) < 4.78 is 3.34. The molecule has 31 heavy (non-hydrogen) atoms. The molecule has 7 nitrogen and oxygen atoms in total. The number of allylic oxidation sites excluding steroid dienone is 1. The highest BCUT2D eigenvalue weighted by molar-refractivity contribution is 6.30. The fraction of sp³-hybridized carbons (Fsp3) is 0.0435. The van der Waals surface area contributed by atoms with Crippen LogP contribution in [0, 0.1) is 12.3 Å². The number of hydrogen-bond donors (Lipinski definition) is 2. The third-order valence-electron chi connectivity index (χ3n) is 4.61. The SMILES string of the molecule is Cc1cc(-n2cc(Cl)cn2)ccc1-n1ccc(=O)c(/C(=C/C=N)Nc2ccccc2)n1. The minimum absolute atomic E-state index is 0.220. The van der Waals surface area contributed by atoms with Crippen molar-refractivity contribution in [2.45, 2.75) is 6.92 Å². The molecule has 0 unspecified atom stereocenters. The van der Waals surface area contributed by atoms with Crippen molar-refractivity contribution in [2.24, 2.45) is 0 Å². The molecule has 0 atom stereocenters. The molecule has 0 radical (unpaired) electrons. The zero-order chi connectivity index (χ0) is 21.8. The van der Waals surface area contributed by atoms with Crippen molar-refractivity contribution in [3.8, 4) is 11.4 Å². The Morgan fingerprint density at radius 3 is 2.61 bits per heavy atom. The Morgan fingerprint density at radius 2 is 1.94 bits per heavy atom. The summed E-state index contributed by atoms with van der Waals surface area (Å²) in [6.45, 7) is 1.96. The molecule has 0 amide bonds. The molecule has 0 aliphatic heterocycles. The van der Waals surface area contributed by atoms with Gasteiger partial charge in [-0.15, -0.1) is 0 Å². The van der Waals surface area contributed by atoms with Gasteiger partial charge in [-0.05, 0) is 48.9 Å². The molecule has 0 aliphatic rings. The van der Waals surface area contributed by atoms with Gasteiger partial charge in [0.2, 0.25) is 5.43 Å². The second-order valence-electron chi connectivity index (χ2n) is 6.79. The average Bonchev–Trinajstić information content (AvgIpc) is 3.21. The molecule has 4 rings (SSSR count). The molecule has 154 valence electrons. The number of nitrogens with zero attached hydrogens (tertiary/aromatic N) is 4. The van der Waals surface area contributed by atoms with Gasteiger partial charge in [0.05, 0.1) is 28.3 Å². The number of halogens is 1. The number of hydrogen-bond acceptors (Lipinski definition) is 5. The molecule has 0 saturated heterocycles. The first-order valence-corrected chi connectivity index (χ1v) is 9.88. The van der Waals surface area contributed by atoms with Crippen molar-refractivity contribution in [3.63, 3.8) is 0 Å². The largest absolute Gasteiger partial charge is 0.354 e. The van der Waals surface area contributed by atoms with Crippen LogP contribution in [0.5, 0.6) is 0 Å². The average molecular weight is 431 g/mol. The molecular weight excluding hydrogens is 412 g/mol. The molecule has 2 N–H and O–H groups in total. The Balaban J connectivity index is 1.72. The van der Waals surface area contributed by atoms with Crippen molar-refractivity contribution < 1.29 is 0 Å². The van der Waals surface area contributed by atoms with Gasteiger partial charge < -0.3 is 10.7 Å². The lowest BCUT2D eigenvalue weighted by Gasteiger charge is -2.14. The Hall–Kier alpha value is -3.97. The third kappa shape index (κ3) is 4.46. The molecule has 2 aromatic heterocycles. The topological polar surface area (TPSA) is 88.6 Å². The number of aromatic nitrogens is 4. The van der Waals surface area contributed by atoms with E-state index in [0.717, 1.165) is 28.8 Å². The molecule has 4 aromatic rings. The van der Waals surface area contributed by atoms with Gasteiger partial charge >= 0.3 is 0 Å². The van der Waals surface area contributed by atoms with Crippen molar-refractivity contribution in [1.29, 1.82) is 5.41 Å². The summed E-state index contributed by atoms with van der Waals surface area (Å²) >= 11 is 5.97. The number of benzene rings is 2. The van der Waals surface area contributed by atoms with Gasteiger partial charge in [0, 0.05) is 30.4 Å². The fourth-order valence-electron chi connectivity index (χ4n) is 3.15. The van der Waals surface area contributed by atoms with E-state index in [9.17, 15) is 4.79 Å². The molecule has 0 spiro atoms. The minimum Gasteiger partial charge on any atom is -0.354 e. The van der Waals surface area contributed by atoms with E-state index in [1.807, 2.05) is 55.5 Å². The van der Waals surface area contributed by atoms with E-state index < -0.39 is 0 Å². The first-order valence-electron chi connectivity index (χ1n) is 9.50. The zero-order valence-corrected chi connectivity index (χ0v) is 17.4. The van der Waals surface area contributed by atoms with Gasteiger partial charge in [0.15, 0.2) is 5.69 Å². The first-order chi connectivity index (χ1) is 15.0. The summed E-state index contributed by atoms with van der Waals surface area (Å²) in [5.74, 6) is 0. The van der Waals surface area contributed by atoms with Crippen molar-refractivity contribution >= 4 is 29.2 Å². The van der Waals surface area contributed by atoms with E-state index in [1.54, 1.807) is 28.0 Å². The Labute approximate surface area is 183 Å². The molecule has 0 aliphatic carbocycles. The molecule has 2 aromatic carbocycles. The molecule has 2 heterocycles. The van der Waals surface area contributed by atoms with Crippen molar-refractivity contribution in [3.05, 3.63) is 106 Å². The maximum atomic E-state index is 12.6. The maximum Gasteiger partial charge on any atom is 0.209 e. The van der Waals surface area contributed by atoms with Crippen molar-refractivity contribution in [2.75, 3.05) is 5.32 Å². The third-order valence-corrected chi connectivity index (χ3v) is 4.80. The number of aryl methyl sites for hydroxylation is 1. The van der Waals surface area contributed by atoms with E-state index in [4.69, 9.17) is 17.0 Å². The van der Waals surface area contributed by atoms with Gasteiger partial charge in [-0.25, -0.2) is 9.36 Å². The van der Waals surface area contributed by atoms with Crippen LogP contribution in [-0.2, 0) is 0 Å². The van der Waals surface area contributed by atoms with Crippen LogP contribution < -0.4 is 10.7 Å². The number of rotatable bonds is 6. The maximum absolute atomic E-state index is 12.6. The summed E-state index contributed by atoms with van der Waals surface area (Å²) in [6, 6.07) is 16.7. The Morgan fingerprint density at radius 1 is 1.13 bits per heavy atom. The minimum atomic E-state index is -0.242. The standard InChI is InChI=1S/C23H19ClN6O/c1-16-13-19(30-15-17(24)14-26-30)7-8-21(16)29-12-10-22(31)23(28-29)20(9-11-25)27-18-5-3-2-4-6-18/h2-15,25,27H,1H3/b20-9-,25-11?. The first kappa shape index (κ1) is 20.3. The van der Waals surface area contributed by atoms with Gasteiger partial charge in [0.1, 0.15) is 0 Å². The monoisotopic (exact) mass is 430 g/mol. The van der Waals surface area contributed by atoms with E-state index >= 15 is 0 Å². The van der Waals surface area contributed by atoms with Crippen LogP contribution in [0.1, 0.15) is 11.3 Å². The number of nitrogens with one attached hydrogen (secondary N) is 2. The molecule has 0 saturated carbocycles. The van der Waals surface area contributed by atoms with Gasteiger partial charge in [-0.1, -0.05) is 29.8 Å². The summed E-state index contributed by atoms with van der Waals surface area (Å²) in [6.07, 6.45) is 7.58. The van der Waals surface area contributed by atoms with E-state index in [0.29, 0.717) is 10.7 Å². The fourth-order valence-corrected chi connectivity index (χ4v) is 3.29. The summed E-state index contributed by atoms with van der Waals surface area (Å²) in [4.78, 5) is 12.6. The molecule has 0 bridgehead atoms. The predicted octanol–water partition coefficient (Wildman–Crippen LogP) is 4.48. The van der Waals surface area contributed by atoms with E-state index in [-0.39, 0.29) is 11.1 Å². The highest BCUT2D eigenvalue weighted by Crippen LogP contribution is 2.20. The normalized spacial score (nSPS) is 11.4. The highest BCUT2D eigenvalue weighted by atomic mass is 35.5. The quantitative estimate of drug-likeness (QED) is 0.441. The zero-order valence-electron chi connectivity index (χ0n) is 16.7.